The maximum absolute atomic E-state index is 13.3. The second kappa shape index (κ2) is 9.18. The third kappa shape index (κ3) is 4.87. The van der Waals surface area contributed by atoms with E-state index >= 15 is 0 Å². The Hall–Kier alpha value is -3.10. The summed E-state index contributed by atoms with van der Waals surface area (Å²) >= 11 is 0. The number of carbonyl (C=O) groups is 2. The van der Waals surface area contributed by atoms with Crippen molar-refractivity contribution in [1.82, 2.24) is 9.88 Å². The first-order chi connectivity index (χ1) is 15.3. The normalized spacial score (nSPS) is 16.8. The molecule has 0 atom stereocenters. The summed E-state index contributed by atoms with van der Waals surface area (Å²) < 4.78 is 39.9. The van der Waals surface area contributed by atoms with Crippen LogP contribution in [0.2, 0.25) is 0 Å². The summed E-state index contributed by atoms with van der Waals surface area (Å²) in [6.07, 6.45) is 0.287. The van der Waals surface area contributed by atoms with Crippen LogP contribution in [0.4, 0.5) is 24.5 Å². The lowest BCUT2D eigenvalue weighted by Gasteiger charge is -2.31. The van der Waals surface area contributed by atoms with Crippen molar-refractivity contribution in [2.75, 3.05) is 36.4 Å². The summed E-state index contributed by atoms with van der Waals surface area (Å²) in [4.78, 5) is 33.4. The van der Waals surface area contributed by atoms with Gasteiger partial charge in [0.05, 0.1) is 16.9 Å². The van der Waals surface area contributed by atoms with E-state index in [1.54, 1.807) is 17.0 Å². The minimum absolute atomic E-state index is 0.0166. The van der Waals surface area contributed by atoms with Gasteiger partial charge in [0, 0.05) is 26.2 Å². The van der Waals surface area contributed by atoms with Crippen LogP contribution in [0.5, 0.6) is 0 Å². The summed E-state index contributed by atoms with van der Waals surface area (Å²) in [5, 5.41) is 2.60. The zero-order valence-electron chi connectivity index (χ0n) is 17.6. The SMILES string of the molecule is O=C(Nc1cc(C(F)(F)F)ccc1N1CCCCC1)c1cccc(C(=O)N2CCCC2)n1. The molecule has 0 saturated carbocycles. The Morgan fingerprint density at radius 3 is 2.22 bits per heavy atom. The number of likely N-dealkylation sites (tertiary alicyclic amines) is 1. The Morgan fingerprint density at radius 2 is 1.53 bits per heavy atom. The van der Waals surface area contributed by atoms with E-state index < -0.39 is 17.6 Å². The molecule has 0 aliphatic carbocycles. The second-order valence-electron chi connectivity index (χ2n) is 8.14. The molecule has 2 aromatic rings. The minimum Gasteiger partial charge on any atom is -0.370 e. The average molecular weight is 446 g/mol. The maximum atomic E-state index is 13.3. The average Bonchev–Trinajstić information content (AvgIpc) is 3.33. The number of hydrogen-bond acceptors (Lipinski definition) is 4. The van der Waals surface area contributed by atoms with Gasteiger partial charge in [0.15, 0.2) is 0 Å². The molecule has 1 aromatic heterocycles. The Bertz CT molecular complexity index is 997. The number of anilines is 2. The zero-order chi connectivity index (χ0) is 22.7. The first kappa shape index (κ1) is 22.1. The van der Waals surface area contributed by atoms with Crippen LogP contribution in [-0.2, 0) is 6.18 Å². The summed E-state index contributed by atoms with van der Waals surface area (Å²) in [7, 11) is 0. The van der Waals surface area contributed by atoms with Crippen LogP contribution < -0.4 is 10.2 Å². The predicted octanol–water partition coefficient (Wildman–Crippen LogP) is 4.58. The summed E-state index contributed by atoms with van der Waals surface area (Å²) in [6.45, 7) is 2.74. The maximum Gasteiger partial charge on any atom is 0.416 e. The molecule has 0 spiro atoms. The number of halogens is 3. The number of nitrogens with zero attached hydrogens (tertiary/aromatic N) is 3. The molecule has 2 aliphatic rings. The van der Waals surface area contributed by atoms with E-state index in [0.29, 0.717) is 31.9 Å². The predicted molar refractivity (Wildman–Crippen MR) is 115 cm³/mol. The highest BCUT2D eigenvalue weighted by Crippen LogP contribution is 2.36. The molecule has 32 heavy (non-hydrogen) atoms. The summed E-state index contributed by atoms with van der Waals surface area (Å²) in [5.74, 6) is -0.899. The third-order valence-corrected chi connectivity index (χ3v) is 5.86. The standard InChI is InChI=1S/C23H25F3N4O2/c24-23(25,26)16-9-10-20(29-11-2-1-3-12-29)19(15-16)28-21(31)17-7-6-8-18(27-17)22(32)30-13-4-5-14-30/h6-10,15H,1-5,11-14H2,(H,28,31). The van der Waals surface area contributed by atoms with Crippen LogP contribution in [0.3, 0.4) is 0 Å². The van der Waals surface area contributed by atoms with E-state index in [2.05, 4.69) is 10.3 Å². The molecule has 0 bridgehead atoms. The van der Waals surface area contributed by atoms with Gasteiger partial charge in [-0.05, 0) is 62.4 Å². The van der Waals surface area contributed by atoms with Gasteiger partial charge in [-0.2, -0.15) is 13.2 Å². The molecule has 0 unspecified atom stereocenters. The van der Waals surface area contributed by atoms with Crippen LogP contribution in [0, 0.1) is 0 Å². The number of benzene rings is 1. The summed E-state index contributed by atoms with van der Waals surface area (Å²) in [6, 6.07) is 7.95. The van der Waals surface area contributed by atoms with Gasteiger partial charge in [-0.25, -0.2) is 4.98 Å². The van der Waals surface area contributed by atoms with E-state index in [1.165, 1.54) is 12.1 Å². The number of carbonyl (C=O) groups excluding carboxylic acids is 2. The monoisotopic (exact) mass is 446 g/mol. The van der Waals surface area contributed by atoms with Crippen LogP contribution in [0.1, 0.15) is 58.6 Å². The van der Waals surface area contributed by atoms with Crippen LogP contribution in [-0.4, -0.2) is 47.9 Å². The van der Waals surface area contributed by atoms with Gasteiger partial charge in [0.2, 0.25) is 0 Å². The van der Waals surface area contributed by atoms with Crippen molar-refractivity contribution in [3.63, 3.8) is 0 Å². The first-order valence-corrected chi connectivity index (χ1v) is 10.9. The van der Waals surface area contributed by atoms with Gasteiger partial charge >= 0.3 is 6.18 Å². The number of hydrogen-bond donors (Lipinski definition) is 1. The van der Waals surface area contributed by atoms with Gasteiger partial charge in [0.25, 0.3) is 11.8 Å². The van der Waals surface area contributed by atoms with E-state index in [-0.39, 0.29) is 23.0 Å². The Labute approximate surface area is 184 Å². The molecule has 4 rings (SSSR count). The van der Waals surface area contributed by atoms with E-state index in [0.717, 1.165) is 44.2 Å². The van der Waals surface area contributed by atoms with Crippen LogP contribution in [0.25, 0.3) is 0 Å². The number of alkyl halides is 3. The van der Waals surface area contributed by atoms with Crippen molar-refractivity contribution in [1.29, 1.82) is 0 Å². The van der Waals surface area contributed by atoms with Gasteiger partial charge in [0.1, 0.15) is 11.4 Å². The fourth-order valence-electron chi connectivity index (χ4n) is 4.17. The molecule has 170 valence electrons. The number of nitrogens with one attached hydrogen (secondary N) is 1. The molecule has 2 amide bonds. The Morgan fingerprint density at radius 1 is 0.875 bits per heavy atom. The number of pyridine rings is 1. The molecule has 1 N–H and O–H groups in total. The molecular formula is C23H25F3N4O2. The highest BCUT2D eigenvalue weighted by Gasteiger charge is 2.32. The quantitative estimate of drug-likeness (QED) is 0.747. The highest BCUT2D eigenvalue weighted by molar-refractivity contribution is 6.05. The molecule has 2 aliphatic heterocycles. The molecule has 2 saturated heterocycles. The van der Waals surface area contributed by atoms with Gasteiger partial charge < -0.3 is 15.1 Å². The molecule has 3 heterocycles. The molecule has 6 nitrogen and oxygen atoms in total. The fraction of sp³-hybridized carbons (Fsp3) is 0.435. The molecule has 9 heteroatoms. The topological polar surface area (TPSA) is 65.5 Å². The van der Waals surface area contributed by atoms with Crippen molar-refractivity contribution in [2.45, 2.75) is 38.3 Å². The lowest BCUT2D eigenvalue weighted by molar-refractivity contribution is -0.137. The van der Waals surface area contributed by atoms with Crippen molar-refractivity contribution >= 4 is 23.2 Å². The van der Waals surface area contributed by atoms with E-state index in [4.69, 9.17) is 0 Å². The Kier molecular flexibility index (Phi) is 6.34. The lowest BCUT2D eigenvalue weighted by atomic mass is 10.1. The highest BCUT2D eigenvalue weighted by atomic mass is 19.4. The number of piperidine rings is 1. The number of rotatable bonds is 4. The van der Waals surface area contributed by atoms with Crippen molar-refractivity contribution in [2.24, 2.45) is 0 Å². The van der Waals surface area contributed by atoms with E-state index in [9.17, 15) is 22.8 Å². The molecule has 0 radical (unpaired) electrons. The molecular weight excluding hydrogens is 421 g/mol. The van der Waals surface area contributed by atoms with Gasteiger partial charge in [-0.15, -0.1) is 0 Å². The first-order valence-electron chi connectivity index (χ1n) is 10.9. The third-order valence-electron chi connectivity index (χ3n) is 5.86. The molecule has 1 aromatic carbocycles. The van der Waals surface area contributed by atoms with Crippen LogP contribution in [0.15, 0.2) is 36.4 Å². The van der Waals surface area contributed by atoms with Crippen molar-refractivity contribution in [3.8, 4) is 0 Å². The largest absolute Gasteiger partial charge is 0.416 e. The second-order valence-corrected chi connectivity index (χ2v) is 8.14. The van der Waals surface area contributed by atoms with Crippen molar-refractivity contribution in [3.05, 3.63) is 53.3 Å². The minimum atomic E-state index is -4.53. The van der Waals surface area contributed by atoms with Crippen LogP contribution >= 0.6 is 0 Å². The fourth-order valence-corrected chi connectivity index (χ4v) is 4.17. The number of amides is 2. The van der Waals surface area contributed by atoms with Gasteiger partial charge in [-0.1, -0.05) is 6.07 Å². The van der Waals surface area contributed by atoms with Gasteiger partial charge in [-0.3, -0.25) is 9.59 Å². The van der Waals surface area contributed by atoms with E-state index in [1.807, 2.05) is 4.90 Å². The smallest absolute Gasteiger partial charge is 0.370 e. The number of aromatic nitrogens is 1. The summed E-state index contributed by atoms with van der Waals surface area (Å²) in [5.41, 5.74) is -0.0588. The Balaban J connectivity index is 1.60. The van der Waals surface area contributed by atoms with Crippen molar-refractivity contribution < 1.29 is 22.8 Å². The zero-order valence-corrected chi connectivity index (χ0v) is 17.6. The lowest BCUT2D eigenvalue weighted by Crippen LogP contribution is -2.31. The molecule has 2 fully saturated rings.